The van der Waals surface area contributed by atoms with Gasteiger partial charge < -0.3 is 10.6 Å². The van der Waals surface area contributed by atoms with Crippen LogP contribution in [0.4, 0.5) is 0 Å². The lowest BCUT2D eigenvalue weighted by Gasteiger charge is -2.23. The summed E-state index contributed by atoms with van der Waals surface area (Å²) < 4.78 is 0. The molecule has 4 rings (SSSR count). The molecule has 0 saturated carbocycles. The van der Waals surface area contributed by atoms with Crippen LogP contribution in [0.3, 0.4) is 0 Å². The van der Waals surface area contributed by atoms with E-state index in [1.807, 2.05) is 48.5 Å². The van der Waals surface area contributed by atoms with E-state index in [0.29, 0.717) is 24.0 Å². The number of carbonyl (C=O) groups excluding carboxylic acids is 1. The molecular formula is C21H25ClN6O. The smallest absolute Gasteiger partial charge is 0.251 e. The van der Waals surface area contributed by atoms with Gasteiger partial charge >= 0.3 is 0 Å². The Hall–Kier alpha value is -2.77. The fourth-order valence-electron chi connectivity index (χ4n) is 3.54. The Bertz CT molecular complexity index is 890. The van der Waals surface area contributed by atoms with Gasteiger partial charge in [0.2, 0.25) is 5.82 Å². The van der Waals surface area contributed by atoms with E-state index >= 15 is 0 Å². The number of piperidine rings is 1. The number of hydrogen-bond acceptors (Lipinski definition) is 5. The first-order valence-corrected chi connectivity index (χ1v) is 9.75. The van der Waals surface area contributed by atoms with E-state index in [1.165, 1.54) is 19.3 Å². The van der Waals surface area contributed by atoms with E-state index in [0.717, 1.165) is 29.7 Å². The zero-order valence-electron chi connectivity index (χ0n) is 16.1. The second-order valence-corrected chi connectivity index (χ2v) is 7.08. The van der Waals surface area contributed by atoms with Crippen molar-refractivity contribution in [1.82, 2.24) is 31.3 Å². The minimum Gasteiger partial charge on any atom is -0.352 e. The molecule has 0 spiro atoms. The third-order valence-electron chi connectivity index (χ3n) is 5.16. The summed E-state index contributed by atoms with van der Waals surface area (Å²) >= 11 is 0. The highest BCUT2D eigenvalue weighted by atomic mass is 35.5. The van der Waals surface area contributed by atoms with Gasteiger partial charge in [0.15, 0.2) is 0 Å². The van der Waals surface area contributed by atoms with Gasteiger partial charge in [-0.05, 0) is 54.3 Å². The summed E-state index contributed by atoms with van der Waals surface area (Å²) in [5.74, 6) is 0.553. The molecule has 1 unspecified atom stereocenters. The summed E-state index contributed by atoms with van der Waals surface area (Å²) in [7, 11) is 0. The maximum absolute atomic E-state index is 12.4. The quantitative estimate of drug-likeness (QED) is 0.577. The van der Waals surface area contributed by atoms with Crippen molar-refractivity contribution < 1.29 is 4.79 Å². The summed E-state index contributed by atoms with van der Waals surface area (Å²) in [5, 5.41) is 20.5. The van der Waals surface area contributed by atoms with Gasteiger partial charge in [-0.3, -0.25) is 4.79 Å². The highest BCUT2D eigenvalue weighted by Crippen LogP contribution is 2.23. The number of amides is 1. The summed E-state index contributed by atoms with van der Waals surface area (Å²) in [6, 6.07) is 16.2. The normalized spacial score (nSPS) is 16.1. The van der Waals surface area contributed by atoms with Crippen molar-refractivity contribution in [3.63, 3.8) is 0 Å². The first-order chi connectivity index (χ1) is 13.8. The minimum atomic E-state index is -0.0187. The van der Waals surface area contributed by atoms with Gasteiger partial charge in [-0.2, -0.15) is 5.21 Å². The summed E-state index contributed by atoms with van der Waals surface area (Å²) in [4.78, 5) is 12.4. The molecule has 0 aliphatic carbocycles. The lowest BCUT2D eigenvalue weighted by Crippen LogP contribution is -2.37. The van der Waals surface area contributed by atoms with Crippen molar-refractivity contribution in [3.8, 4) is 22.5 Å². The van der Waals surface area contributed by atoms with E-state index in [2.05, 4.69) is 31.3 Å². The van der Waals surface area contributed by atoms with Crippen LogP contribution < -0.4 is 10.6 Å². The molecule has 2 aromatic carbocycles. The predicted octanol–water partition coefficient (Wildman–Crippen LogP) is 3.22. The number of aromatic nitrogens is 4. The zero-order chi connectivity index (χ0) is 19.2. The number of rotatable bonds is 6. The Balaban J connectivity index is 0.00000240. The lowest BCUT2D eigenvalue weighted by molar-refractivity contribution is 0.0951. The van der Waals surface area contributed by atoms with Gasteiger partial charge in [0.1, 0.15) is 0 Å². The monoisotopic (exact) mass is 412 g/mol. The van der Waals surface area contributed by atoms with Crippen molar-refractivity contribution >= 4 is 18.3 Å². The number of tetrazole rings is 1. The van der Waals surface area contributed by atoms with Crippen LogP contribution >= 0.6 is 12.4 Å². The molecule has 8 heteroatoms. The zero-order valence-corrected chi connectivity index (χ0v) is 16.9. The van der Waals surface area contributed by atoms with Crippen molar-refractivity contribution in [3.05, 3.63) is 54.1 Å². The molecule has 3 N–H and O–H groups in total. The van der Waals surface area contributed by atoms with Crippen LogP contribution in [-0.2, 0) is 0 Å². The highest BCUT2D eigenvalue weighted by molar-refractivity contribution is 5.94. The van der Waals surface area contributed by atoms with Gasteiger partial charge in [-0.15, -0.1) is 22.6 Å². The first kappa shape index (κ1) is 21.0. The molecule has 1 aromatic heterocycles. The molecule has 1 amide bonds. The number of benzene rings is 2. The molecule has 0 radical (unpaired) electrons. The van der Waals surface area contributed by atoms with Crippen LogP contribution in [0.25, 0.3) is 22.5 Å². The maximum Gasteiger partial charge on any atom is 0.251 e. The molecule has 1 fully saturated rings. The molecule has 29 heavy (non-hydrogen) atoms. The molecule has 0 bridgehead atoms. The number of nitrogens with zero attached hydrogens (tertiary/aromatic N) is 3. The van der Waals surface area contributed by atoms with Gasteiger partial charge in [0, 0.05) is 23.7 Å². The van der Waals surface area contributed by atoms with Crippen LogP contribution in [0.1, 0.15) is 36.0 Å². The van der Waals surface area contributed by atoms with Crippen LogP contribution in [0.2, 0.25) is 0 Å². The maximum atomic E-state index is 12.4. The fourth-order valence-corrected chi connectivity index (χ4v) is 3.54. The van der Waals surface area contributed by atoms with Crippen molar-refractivity contribution in [2.24, 2.45) is 0 Å². The van der Waals surface area contributed by atoms with Crippen LogP contribution in [0.15, 0.2) is 48.5 Å². The average Bonchev–Trinajstić information content (AvgIpc) is 3.30. The fraction of sp³-hybridized carbons (Fsp3) is 0.333. The number of nitrogens with one attached hydrogen (secondary N) is 3. The van der Waals surface area contributed by atoms with Gasteiger partial charge in [0.05, 0.1) is 0 Å². The second kappa shape index (κ2) is 10.1. The van der Waals surface area contributed by atoms with E-state index in [-0.39, 0.29) is 18.3 Å². The number of carbonyl (C=O) groups is 1. The average molecular weight is 413 g/mol. The van der Waals surface area contributed by atoms with E-state index in [9.17, 15) is 4.79 Å². The second-order valence-electron chi connectivity index (χ2n) is 7.08. The summed E-state index contributed by atoms with van der Waals surface area (Å²) in [5.41, 5.74) is 3.72. The Morgan fingerprint density at radius 1 is 1.00 bits per heavy atom. The Morgan fingerprint density at radius 2 is 1.69 bits per heavy atom. The summed E-state index contributed by atoms with van der Waals surface area (Å²) in [6.45, 7) is 1.80. The van der Waals surface area contributed by atoms with Gasteiger partial charge in [-0.1, -0.05) is 42.8 Å². The third kappa shape index (κ3) is 5.40. The predicted molar refractivity (Wildman–Crippen MR) is 115 cm³/mol. The highest BCUT2D eigenvalue weighted by Gasteiger charge is 2.13. The number of H-pyrrole nitrogens is 1. The van der Waals surface area contributed by atoms with E-state index < -0.39 is 0 Å². The van der Waals surface area contributed by atoms with Crippen LogP contribution in [0.5, 0.6) is 0 Å². The topological polar surface area (TPSA) is 95.6 Å². The van der Waals surface area contributed by atoms with Crippen molar-refractivity contribution in [1.29, 1.82) is 0 Å². The third-order valence-corrected chi connectivity index (χ3v) is 5.16. The van der Waals surface area contributed by atoms with Gasteiger partial charge in [0.25, 0.3) is 5.91 Å². The molecule has 152 valence electrons. The largest absolute Gasteiger partial charge is 0.352 e. The summed E-state index contributed by atoms with van der Waals surface area (Å²) in [6.07, 6.45) is 4.73. The molecule has 2 heterocycles. The Labute approximate surface area is 176 Å². The van der Waals surface area contributed by atoms with E-state index in [4.69, 9.17) is 0 Å². The Morgan fingerprint density at radius 3 is 2.31 bits per heavy atom. The van der Waals surface area contributed by atoms with E-state index in [1.54, 1.807) is 0 Å². The van der Waals surface area contributed by atoms with Crippen LogP contribution in [0, 0.1) is 0 Å². The van der Waals surface area contributed by atoms with Crippen LogP contribution in [-0.4, -0.2) is 45.7 Å². The number of halogens is 1. The number of hydrogen-bond donors (Lipinski definition) is 3. The molecule has 1 atom stereocenters. The SMILES string of the molecule is Cl.O=C(NCCC1CCCCN1)c1ccc(-c2ccc(-c3nn[nH]n3)cc2)cc1. The standard InChI is InChI=1S/C21H24N6O.ClH/c28-21(23-14-12-19-3-1-2-13-22-19)18-10-6-16(7-11-18)15-4-8-17(9-5-15)20-24-26-27-25-20;/h4-11,19,22H,1-3,12-14H2,(H,23,28)(H,24,25,26,27);1H. The lowest BCUT2D eigenvalue weighted by atomic mass is 10.0. The molecule has 7 nitrogen and oxygen atoms in total. The Kier molecular flexibility index (Phi) is 7.32. The first-order valence-electron chi connectivity index (χ1n) is 9.75. The van der Waals surface area contributed by atoms with Crippen molar-refractivity contribution in [2.45, 2.75) is 31.7 Å². The number of aromatic amines is 1. The molecule has 1 saturated heterocycles. The van der Waals surface area contributed by atoms with Crippen molar-refractivity contribution in [2.75, 3.05) is 13.1 Å². The molecule has 1 aliphatic heterocycles. The molecule has 1 aliphatic rings. The van der Waals surface area contributed by atoms with Gasteiger partial charge in [-0.25, -0.2) is 0 Å². The minimum absolute atomic E-state index is 0. The molecular weight excluding hydrogens is 388 g/mol. The molecule has 3 aromatic rings.